The van der Waals surface area contributed by atoms with Crippen molar-refractivity contribution in [1.29, 1.82) is 0 Å². The molecule has 0 aromatic heterocycles. The molecule has 1 aromatic rings. The van der Waals surface area contributed by atoms with Gasteiger partial charge in [0, 0.05) is 25.3 Å². The van der Waals surface area contributed by atoms with Crippen LogP contribution in [0.2, 0.25) is 0 Å². The summed E-state index contributed by atoms with van der Waals surface area (Å²) in [6.45, 7) is -0.148. The zero-order valence-electron chi connectivity index (χ0n) is 11.9. The summed E-state index contributed by atoms with van der Waals surface area (Å²) in [7, 11) is 0. The number of nitrogens with zero attached hydrogens (tertiary/aromatic N) is 1. The van der Waals surface area contributed by atoms with Crippen molar-refractivity contribution >= 4 is 11.9 Å². The molecule has 1 amide bonds. The van der Waals surface area contributed by atoms with E-state index in [1.165, 1.54) is 0 Å². The molecule has 0 bridgehead atoms. The molecule has 1 saturated carbocycles. The molecular formula is C15H13F4NO3. The largest absolute Gasteiger partial charge is 0.479 e. The molecule has 0 saturated heterocycles. The zero-order chi connectivity index (χ0) is 16.9. The Labute approximate surface area is 128 Å². The van der Waals surface area contributed by atoms with Crippen LogP contribution in [0.15, 0.2) is 12.1 Å². The molecular weight excluding hydrogens is 318 g/mol. The van der Waals surface area contributed by atoms with Crippen LogP contribution in [0.25, 0.3) is 0 Å². The van der Waals surface area contributed by atoms with Crippen LogP contribution in [0.5, 0.6) is 0 Å². The Hall–Kier alpha value is -2.12. The van der Waals surface area contributed by atoms with E-state index in [2.05, 4.69) is 0 Å². The minimum absolute atomic E-state index is 0.0120. The van der Waals surface area contributed by atoms with Crippen molar-refractivity contribution in [3.63, 3.8) is 0 Å². The number of carbonyl (C=O) groups excluding carboxylic acids is 1. The van der Waals surface area contributed by atoms with Crippen LogP contribution < -0.4 is 0 Å². The third-order valence-electron chi connectivity index (χ3n) is 4.40. The summed E-state index contributed by atoms with van der Waals surface area (Å²) in [6.07, 6.45) is -1.28. The van der Waals surface area contributed by atoms with E-state index < -0.39 is 54.2 Å². The third kappa shape index (κ3) is 2.55. The van der Waals surface area contributed by atoms with E-state index in [1.807, 2.05) is 0 Å². The minimum Gasteiger partial charge on any atom is -0.479 e. The first-order valence-electron chi connectivity index (χ1n) is 7.09. The normalized spacial score (nSPS) is 23.1. The quantitative estimate of drug-likeness (QED) is 0.847. The Morgan fingerprint density at radius 2 is 1.87 bits per heavy atom. The second kappa shape index (κ2) is 5.21. The fraction of sp³-hybridized carbons (Fsp3) is 0.467. The monoisotopic (exact) mass is 331 g/mol. The van der Waals surface area contributed by atoms with Gasteiger partial charge in [-0.1, -0.05) is 6.07 Å². The second-order valence-corrected chi connectivity index (χ2v) is 5.91. The van der Waals surface area contributed by atoms with Crippen molar-refractivity contribution in [1.82, 2.24) is 4.90 Å². The molecule has 1 heterocycles. The smallest absolute Gasteiger partial charge is 0.331 e. The number of hydrogen-bond donors (Lipinski definition) is 1. The molecule has 124 valence electrons. The number of halogens is 4. The standard InChI is InChI=1S/C15H13F4NO3/c16-10-2-1-9-8(11(10)17)3-4-20(12(9)14(22)23)13(21)7-5-15(18,19)6-7/h1-2,7,12H,3-6H2,(H,22,23). The highest BCUT2D eigenvalue weighted by atomic mass is 19.3. The molecule has 1 aliphatic carbocycles. The summed E-state index contributed by atoms with van der Waals surface area (Å²) >= 11 is 0. The highest BCUT2D eigenvalue weighted by Gasteiger charge is 2.51. The van der Waals surface area contributed by atoms with Gasteiger partial charge >= 0.3 is 5.97 Å². The van der Waals surface area contributed by atoms with Gasteiger partial charge in [-0.15, -0.1) is 0 Å². The third-order valence-corrected chi connectivity index (χ3v) is 4.40. The van der Waals surface area contributed by atoms with Crippen LogP contribution in [0.4, 0.5) is 17.6 Å². The van der Waals surface area contributed by atoms with Crippen molar-refractivity contribution < 1.29 is 32.3 Å². The van der Waals surface area contributed by atoms with Gasteiger partial charge in [-0.05, 0) is 23.6 Å². The number of carboxylic acid groups (broad SMARTS) is 1. The van der Waals surface area contributed by atoms with E-state index in [0.29, 0.717) is 0 Å². The highest BCUT2D eigenvalue weighted by molar-refractivity contribution is 5.87. The maximum atomic E-state index is 13.8. The molecule has 1 atom stereocenters. The molecule has 4 nitrogen and oxygen atoms in total. The number of carbonyl (C=O) groups is 2. The molecule has 23 heavy (non-hydrogen) atoms. The lowest BCUT2D eigenvalue weighted by atomic mass is 9.79. The SMILES string of the molecule is O=C(O)C1c2ccc(F)c(F)c2CCN1C(=O)C1CC(F)(F)C1. The maximum absolute atomic E-state index is 13.8. The van der Waals surface area contributed by atoms with Crippen LogP contribution in [0.3, 0.4) is 0 Å². The molecule has 0 radical (unpaired) electrons. The number of hydrogen-bond acceptors (Lipinski definition) is 2. The van der Waals surface area contributed by atoms with Crippen molar-refractivity contribution in [3.05, 3.63) is 34.9 Å². The van der Waals surface area contributed by atoms with Gasteiger partial charge in [-0.2, -0.15) is 0 Å². The van der Waals surface area contributed by atoms with Crippen LogP contribution in [-0.2, 0) is 16.0 Å². The predicted molar refractivity (Wildman–Crippen MR) is 69.8 cm³/mol. The summed E-state index contributed by atoms with van der Waals surface area (Å²) in [5, 5.41) is 9.38. The van der Waals surface area contributed by atoms with Gasteiger partial charge in [-0.3, -0.25) is 4.79 Å². The van der Waals surface area contributed by atoms with Gasteiger partial charge in [0.05, 0.1) is 0 Å². The lowest BCUT2D eigenvalue weighted by Crippen LogP contribution is -2.51. The van der Waals surface area contributed by atoms with Gasteiger partial charge in [-0.25, -0.2) is 22.4 Å². The van der Waals surface area contributed by atoms with Crippen LogP contribution in [0, 0.1) is 17.6 Å². The number of fused-ring (bicyclic) bond motifs is 1. The Balaban J connectivity index is 1.92. The summed E-state index contributed by atoms with van der Waals surface area (Å²) in [5.41, 5.74) is -0.0949. The van der Waals surface area contributed by atoms with Crippen molar-refractivity contribution in [3.8, 4) is 0 Å². The van der Waals surface area contributed by atoms with Crippen LogP contribution in [-0.4, -0.2) is 34.4 Å². The van der Waals surface area contributed by atoms with Gasteiger partial charge in [0.15, 0.2) is 17.7 Å². The molecule has 1 N–H and O–H groups in total. The molecule has 1 fully saturated rings. The van der Waals surface area contributed by atoms with Crippen LogP contribution >= 0.6 is 0 Å². The summed E-state index contributed by atoms with van der Waals surface area (Å²) in [5.74, 6) is -8.14. The van der Waals surface area contributed by atoms with E-state index in [-0.39, 0.29) is 24.1 Å². The first-order chi connectivity index (χ1) is 10.7. The van der Waals surface area contributed by atoms with Crippen molar-refractivity contribution in [2.45, 2.75) is 31.2 Å². The summed E-state index contributed by atoms with van der Waals surface area (Å²) < 4.78 is 53.0. The lowest BCUT2D eigenvalue weighted by molar-refractivity contribution is -0.167. The molecule has 1 aliphatic heterocycles. The van der Waals surface area contributed by atoms with E-state index in [9.17, 15) is 32.3 Å². The Morgan fingerprint density at radius 3 is 2.43 bits per heavy atom. The summed E-state index contributed by atoms with van der Waals surface area (Å²) in [6, 6.07) is 0.437. The zero-order valence-corrected chi connectivity index (χ0v) is 11.9. The van der Waals surface area contributed by atoms with Gasteiger partial charge in [0.1, 0.15) is 0 Å². The molecule has 8 heteroatoms. The molecule has 1 aromatic carbocycles. The maximum Gasteiger partial charge on any atom is 0.331 e. The second-order valence-electron chi connectivity index (χ2n) is 5.91. The topological polar surface area (TPSA) is 57.6 Å². The first-order valence-corrected chi connectivity index (χ1v) is 7.09. The Kier molecular flexibility index (Phi) is 3.57. The van der Waals surface area contributed by atoms with E-state index in [0.717, 1.165) is 17.0 Å². The van der Waals surface area contributed by atoms with Crippen molar-refractivity contribution in [2.75, 3.05) is 6.54 Å². The molecule has 1 unspecified atom stereocenters. The number of carboxylic acids is 1. The lowest BCUT2D eigenvalue weighted by Gasteiger charge is -2.41. The predicted octanol–water partition coefficient (Wildman–Crippen LogP) is 2.52. The van der Waals surface area contributed by atoms with E-state index >= 15 is 0 Å². The minimum atomic E-state index is -2.90. The number of aliphatic carboxylic acids is 1. The highest BCUT2D eigenvalue weighted by Crippen LogP contribution is 2.45. The average Bonchev–Trinajstić information content (AvgIpc) is 2.46. The number of alkyl halides is 2. The fourth-order valence-electron chi connectivity index (χ4n) is 3.22. The van der Waals surface area contributed by atoms with Gasteiger partial charge in [0.2, 0.25) is 11.8 Å². The Bertz CT molecular complexity index is 684. The average molecular weight is 331 g/mol. The number of benzene rings is 1. The van der Waals surface area contributed by atoms with E-state index in [4.69, 9.17) is 0 Å². The molecule has 3 rings (SSSR count). The molecule has 2 aliphatic rings. The fourth-order valence-corrected chi connectivity index (χ4v) is 3.22. The van der Waals surface area contributed by atoms with Gasteiger partial charge in [0.25, 0.3) is 0 Å². The van der Waals surface area contributed by atoms with Gasteiger partial charge < -0.3 is 10.0 Å². The number of rotatable bonds is 2. The summed E-state index contributed by atoms with van der Waals surface area (Å²) in [4.78, 5) is 24.8. The Morgan fingerprint density at radius 1 is 1.22 bits per heavy atom. The first kappa shape index (κ1) is 15.8. The van der Waals surface area contributed by atoms with Crippen LogP contribution in [0.1, 0.15) is 30.0 Å². The number of amides is 1. The van der Waals surface area contributed by atoms with Crippen molar-refractivity contribution in [2.24, 2.45) is 5.92 Å². The van der Waals surface area contributed by atoms with E-state index in [1.54, 1.807) is 0 Å². The molecule has 0 spiro atoms.